The topological polar surface area (TPSA) is 56.2 Å². The third-order valence-electron chi connectivity index (χ3n) is 6.45. The summed E-state index contributed by atoms with van der Waals surface area (Å²) in [6.45, 7) is 7.54. The van der Waals surface area contributed by atoms with Crippen LogP contribution in [0.2, 0.25) is 0 Å². The molecule has 32 heavy (non-hydrogen) atoms. The summed E-state index contributed by atoms with van der Waals surface area (Å²) in [5.74, 6) is 0.771. The van der Waals surface area contributed by atoms with Crippen LogP contribution in [-0.2, 0) is 11.3 Å². The van der Waals surface area contributed by atoms with E-state index in [0.717, 1.165) is 38.0 Å². The molecule has 0 aliphatic carbocycles. The van der Waals surface area contributed by atoms with Gasteiger partial charge in [-0.3, -0.25) is 9.69 Å². The predicted octanol–water partition coefficient (Wildman–Crippen LogP) is 3.49. The van der Waals surface area contributed by atoms with Crippen molar-refractivity contribution in [3.63, 3.8) is 0 Å². The number of amides is 1. The van der Waals surface area contributed by atoms with E-state index in [-0.39, 0.29) is 23.4 Å². The fraction of sp³-hybridized carbons (Fsp3) is 0.480. The molecule has 0 bridgehead atoms. The van der Waals surface area contributed by atoms with Gasteiger partial charge in [0, 0.05) is 38.6 Å². The van der Waals surface area contributed by atoms with E-state index >= 15 is 0 Å². The Morgan fingerprint density at radius 3 is 2.47 bits per heavy atom. The first kappa shape index (κ1) is 22.4. The normalized spacial score (nSPS) is 18.1. The highest BCUT2D eigenvalue weighted by atomic mass is 19.1. The van der Waals surface area contributed by atoms with Crippen molar-refractivity contribution in [3.05, 3.63) is 53.8 Å². The molecule has 1 N–H and O–H groups in total. The number of carbonyl (C=O) groups is 1. The van der Waals surface area contributed by atoms with E-state index in [1.807, 2.05) is 34.9 Å². The van der Waals surface area contributed by atoms with Crippen LogP contribution >= 0.6 is 0 Å². The molecule has 2 heterocycles. The molecular weight excluding hydrogens is 409 g/mol. The predicted molar refractivity (Wildman–Crippen MR) is 122 cm³/mol. The molecule has 0 spiro atoms. The first-order valence-corrected chi connectivity index (χ1v) is 11.5. The van der Waals surface area contributed by atoms with Gasteiger partial charge in [-0.15, -0.1) is 0 Å². The van der Waals surface area contributed by atoms with Crippen molar-refractivity contribution in [2.45, 2.75) is 26.3 Å². The molecule has 0 atom stereocenters. The maximum Gasteiger partial charge on any atom is 0.225 e. The molecule has 7 heteroatoms. The number of benzene rings is 2. The number of piperidine rings is 1. The molecular formula is C25H32FN3O3. The summed E-state index contributed by atoms with van der Waals surface area (Å²) in [5.41, 5.74) is 1.72. The number of phenolic OH excluding ortho intramolecular Hbond substituents is 1. The molecule has 2 aliphatic heterocycles. The second-order valence-electron chi connectivity index (χ2n) is 8.55. The smallest absolute Gasteiger partial charge is 0.225 e. The maximum absolute atomic E-state index is 14.0. The summed E-state index contributed by atoms with van der Waals surface area (Å²) >= 11 is 0. The molecule has 6 nitrogen and oxygen atoms in total. The van der Waals surface area contributed by atoms with Gasteiger partial charge in [0.2, 0.25) is 5.91 Å². The second-order valence-corrected chi connectivity index (χ2v) is 8.55. The second kappa shape index (κ2) is 10.2. The summed E-state index contributed by atoms with van der Waals surface area (Å²) in [4.78, 5) is 19.4. The number of para-hydroxylation sites is 1. The zero-order chi connectivity index (χ0) is 22.5. The largest absolute Gasteiger partial charge is 0.504 e. The van der Waals surface area contributed by atoms with E-state index < -0.39 is 0 Å². The van der Waals surface area contributed by atoms with Crippen LogP contribution in [0.3, 0.4) is 0 Å². The Hall–Kier alpha value is -2.80. The molecule has 4 rings (SSSR count). The highest BCUT2D eigenvalue weighted by Crippen LogP contribution is 2.29. The van der Waals surface area contributed by atoms with Gasteiger partial charge in [0.05, 0.1) is 12.3 Å². The average molecular weight is 442 g/mol. The minimum atomic E-state index is -0.207. The molecule has 2 saturated heterocycles. The zero-order valence-corrected chi connectivity index (χ0v) is 18.7. The van der Waals surface area contributed by atoms with E-state index in [0.29, 0.717) is 44.2 Å². The summed E-state index contributed by atoms with van der Waals surface area (Å²) in [5, 5.41) is 9.88. The number of aromatic hydroxyl groups is 1. The van der Waals surface area contributed by atoms with Crippen LogP contribution in [0.1, 0.15) is 25.3 Å². The summed E-state index contributed by atoms with van der Waals surface area (Å²) in [6.07, 6.45) is 1.70. The van der Waals surface area contributed by atoms with Crippen molar-refractivity contribution in [2.75, 3.05) is 50.8 Å². The number of rotatable bonds is 6. The Bertz CT molecular complexity index is 922. The molecule has 0 aromatic heterocycles. The van der Waals surface area contributed by atoms with Crippen LogP contribution in [0, 0.1) is 11.7 Å². The quantitative estimate of drug-likeness (QED) is 0.744. The lowest BCUT2D eigenvalue weighted by molar-refractivity contribution is -0.137. The van der Waals surface area contributed by atoms with Crippen molar-refractivity contribution >= 4 is 11.6 Å². The van der Waals surface area contributed by atoms with Crippen molar-refractivity contribution in [3.8, 4) is 11.5 Å². The van der Waals surface area contributed by atoms with Gasteiger partial charge in [-0.2, -0.15) is 0 Å². The molecule has 2 aliphatic rings. The SMILES string of the molecule is CCOc1cc(CN2CCC(C(=O)N3CCN(c4ccccc4F)CC3)CC2)ccc1O. The number of nitrogens with zero attached hydrogens (tertiary/aromatic N) is 3. The number of ether oxygens (including phenoxy) is 1. The molecule has 0 unspecified atom stereocenters. The summed E-state index contributed by atoms with van der Waals surface area (Å²) < 4.78 is 19.5. The summed E-state index contributed by atoms with van der Waals surface area (Å²) in [6, 6.07) is 12.3. The molecule has 1 amide bonds. The molecule has 2 aromatic carbocycles. The molecule has 0 saturated carbocycles. The number of likely N-dealkylation sites (tertiary alicyclic amines) is 1. The first-order valence-electron chi connectivity index (χ1n) is 11.5. The van der Waals surface area contributed by atoms with Crippen molar-refractivity contribution < 1.29 is 19.0 Å². The van der Waals surface area contributed by atoms with Gasteiger partial charge >= 0.3 is 0 Å². The maximum atomic E-state index is 14.0. The van der Waals surface area contributed by atoms with E-state index in [2.05, 4.69) is 4.90 Å². The number of halogens is 1. The van der Waals surface area contributed by atoms with Crippen molar-refractivity contribution in [1.29, 1.82) is 0 Å². The highest BCUT2D eigenvalue weighted by molar-refractivity contribution is 5.79. The Morgan fingerprint density at radius 2 is 1.78 bits per heavy atom. The molecule has 2 fully saturated rings. The standard InChI is InChI=1S/C25H32FN3O3/c1-2-32-24-17-19(7-8-23(24)30)18-27-11-9-20(10-12-27)25(31)29-15-13-28(14-16-29)22-6-4-3-5-21(22)26/h3-8,17,20,30H,2,9-16,18H2,1H3. The van der Waals surface area contributed by atoms with Crippen LogP contribution in [0.5, 0.6) is 11.5 Å². The molecule has 2 aromatic rings. The Labute approximate surface area is 189 Å². The Kier molecular flexibility index (Phi) is 7.15. The summed E-state index contributed by atoms with van der Waals surface area (Å²) in [7, 11) is 0. The fourth-order valence-electron chi connectivity index (χ4n) is 4.66. The lowest BCUT2D eigenvalue weighted by Crippen LogP contribution is -2.51. The number of hydrogen-bond acceptors (Lipinski definition) is 5. The Balaban J connectivity index is 1.25. The van der Waals surface area contributed by atoms with Crippen LogP contribution in [0.25, 0.3) is 0 Å². The highest BCUT2D eigenvalue weighted by Gasteiger charge is 2.30. The number of phenols is 1. The lowest BCUT2D eigenvalue weighted by Gasteiger charge is -2.39. The monoisotopic (exact) mass is 441 g/mol. The van der Waals surface area contributed by atoms with Crippen LogP contribution in [0.4, 0.5) is 10.1 Å². The van der Waals surface area contributed by atoms with Crippen LogP contribution < -0.4 is 9.64 Å². The van der Waals surface area contributed by atoms with Gasteiger partial charge in [0.1, 0.15) is 5.82 Å². The van der Waals surface area contributed by atoms with Gasteiger partial charge in [0.25, 0.3) is 0 Å². The minimum absolute atomic E-state index is 0.0602. The Morgan fingerprint density at radius 1 is 1.06 bits per heavy atom. The van der Waals surface area contributed by atoms with Crippen molar-refractivity contribution in [1.82, 2.24) is 9.80 Å². The third-order valence-corrected chi connectivity index (χ3v) is 6.45. The number of piperazine rings is 1. The van der Waals surface area contributed by atoms with Crippen LogP contribution in [0.15, 0.2) is 42.5 Å². The fourth-order valence-corrected chi connectivity index (χ4v) is 4.66. The van der Waals surface area contributed by atoms with Gasteiger partial charge in [-0.25, -0.2) is 4.39 Å². The number of carbonyl (C=O) groups excluding carboxylic acids is 1. The van der Waals surface area contributed by atoms with Gasteiger partial charge in [-0.05, 0) is 62.7 Å². The van der Waals surface area contributed by atoms with E-state index in [1.54, 1.807) is 18.2 Å². The van der Waals surface area contributed by atoms with Gasteiger partial charge in [0.15, 0.2) is 11.5 Å². The van der Waals surface area contributed by atoms with Crippen molar-refractivity contribution in [2.24, 2.45) is 5.92 Å². The van der Waals surface area contributed by atoms with Gasteiger partial charge < -0.3 is 19.6 Å². The average Bonchev–Trinajstić information content (AvgIpc) is 2.82. The van der Waals surface area contributed by atoms with Gasteiger partial charge in [-0.1, -0.05) is 18.2 Å². The van der Waals surface area contributed by atoms with E-state index in [9.17, 15) is 14.3 Å². The molecule has 0 radical (unpaired) electrons. The zero-order valence-electron chi connectivity index (χ0n) is 18.7. The number of hydrogen-bond donors (Lipinski definition) is 1. The minimum Gasteiger partial charge on any atom is -0.504 e. The first-order chi connectivity index (χ1) is 15.5. The molecule has 172 valence electrons. The van der Waals surface area contributed by atoms with E-state index in [1.165, 1.54) is 6.07 Å². The number of anilines is 1. The third kappa shape index (κ3) is 5.15. The van der Waals surface area contributed by atoms with Crippen LogP contribution in [-0.4, -0.2) is 66.7 Å². The van der Waals surface area contributed by atoms with E-state index in [4.69, 9.17) is 4.74 Å². The lowest BCUT2D eigenvalue weighted by atomic mass is 9.94.